The zero-order valence-electron chi connectivity index (χ0n) is 13.4. The Morgan fingerprint density at radius 2 is 1.65 bits per heavy atom. The van der Waals surface area contributed by atoms with Crippen LogP contribution >= 0.6 is 0 Å². The van der Waals surface area contributed by atoms with Crippen molar-refractivity contribution in [2.45, 2.75) is 13.0 Å². The number of benzene rings is 2. The Morgan fingerprint density at radius 1 is 1.00 bits per heavy atom. The van der Waals surface area contributed by atoms with E-state index in [0.29, 0.717) is 19.8 Å². The van der Waals surface area contributed by atoms with Gasteiger partial charge in [-0.2, -0.15) is 0 Å². The van der Waals surface area contributed by atoms with Gasteiger partial charge in [0.15, 0.2) is 0 Å². The van der Waals surface area contributed by atoms with Crippen LogP contribution in [0.3, 0.4) is 0 Å². The summed E-state index contributed by atoms with van der Waals surface area (Å²) < 4.78 is 5.32. The van der Waals surface area contributed by atoms with Crippen LogP contribution < -0.4 is 10.6 Å². The van der Waals surface area contributed by atoms with E-state index in [0.717, 1.165) is 17.1 Å². The quantitative estimate of drug-likeness (QED) is 0.487. The minimum absolute atomic E-state index is 0.324. The molecular weight excluding hydrogens is 288 g/mol. The van der Waals surface area contributed by atoms with Crippen LogP contribution in [-0.2, 0) is 4.74 Å². The van der Waals surface area contributed by atoms with Gasteiger partial charge in [0.2, 0.25) is 0 Å². The van der Waals surface area contributed by atoms with E-state index in [9.17, 15) is 5.11 Å². The van der Waals surface area contributed by atoms with Gasteiger partial charge in [-0.15, -0.1) is 0 Å². The Kier molecular flexibility index (Phi) is 7.17. The number of aliphatic hydroxyl groups excluding tert-OH is 1. The van der Waals surface area contributed by atoms with E-state index in [1.165, 1.54) is 0 Å². The molecule has 0 aromatic heterocycles. The second-order valence-electron chi connectivity index (χ2n) is 5.21. The number of anilines is 3. The Balaban J connectivity index is 1.74. The highest BCUT2D eigenvalue weighted by molar-refractivity contribution is 5.62. The SMILES string of the molecule is CC=CCOCC(O)CNc1ccc(Nc2ccccc2)cc1. The molecule has 0 bridgehead atoms. The molecule has 0 heterocycles. The third kappa shape index (κ3) is 6.55. The average molecular weight is 312 g/mol. The number of hydrogen-bond acceptors (Lipinski definition) is 4. The second kappa shape index (κ2) is 9.66. The first-order valence-electron chi connectivity index (χ1n) is 7.81. The summed E-state index contributed by atoms with van der Waals surface area (Å²) in [6, 6.07) is 18.0. The van der Waals surface area contributed by atoms with Crippen LogP contribution in [0, 0.1) is 0 Å². The lowest BCUT2D eigenvalue weighted by Crippen LogP contribution is -2.24. The van der Waals surface area contributed by atoms with Crippen LogP contribution in [0.15, 0.2) is 66.7 Å². The maximum absolute atomic E-state index is 9.84. The molecule has 0 fully saturated rings. The molecule has 1 atom stereocenters. The largest absolute Gasteiger partial charge is 0.389 e. The van der Waals surface area contributed by atoms with E-state index in [2.05, 4.69) is 10.6 Å². The Hall–Kier alpha value is -2.30. The maximum Gasteiger partial charge on any atom is 0.0945 e. The summed E-state index contributed by atoms with van der Waals surface area (Å²) >= 11 is 0. The predicted molar refractivity (Wildman–Crippen MR) is 96.3 cm³/mol. The first-order chi connectivity index (χ1) is 11.3. The van der Waals surface area contributed by atoms with Gasteiger partial charge < -0.3 is 20.5 Å². The highest BCUT2D eigenvalue weighted by Crippen LogP contribution is 2.18. The molecule has 2 rings (SSSR count). The fourth-order valence-corrected chi connectivity index (χ4v) is 2.02. The summed E-state index contributed by atoms with van der Waals surface area (Å²) in [5.41, 5.74) is 3.05. The molecule has 0 saturated carbocycles. The molecule has 3 N–H and O–H groups in total. The fraction of sp³-hybridized carbons (Fsp3) is 0.263. The smallest absolute Gasteiger partial charge is 0.0945 e. The topological polar surface area (TPSA) is 53.5 Å². The predicted octanol–water partition coefficient (Wildman–Crippen LogP) is 3.80. The average Bonchev–Trinajstić information content (AvgIpc) is 2.59. The van der Waals surface area contributed by atoms with Crippen molar-refractivity contribution in [1.82, 2.24) is 0 Å². The standard InChI is InChI=1S/C19H24N2O2/c1-2-3-13-23-15-19(22)14-20-16-9-11-18(12-10-16)21-17-7-5-4-6-8-17/h2-12,19-22H,13-15H2,1H3. The molecule has 1 unspecified atom stereocenters. The monoisotopic (exact) mass is 312 g/mol. The van der Waals surface area contributed by atoms with Gasteiger partial charge in [-0.25, -0.2) is 0 Å². The van der Waals surface area contributed by atoms with Gasteiger partial charge in [-0.1, -0.05) is 30.4 Å². The van der Waals surface area contributed by atoms with Gasteiger partial charge in [-0.05, 0) is 43.3 Å². The summed E-state index contributed by atoms with van der Waals surface area (Å²) in [5, 5.41) is 16.4. The van der Waals surface area contributed by atoms with Crippen molar-refractivity contribution in [2.75, 3.05) is 30.4 Å². The van der Waals surface area contributed by atoms with Crippen LogP contribution in [0.1, 0.15) is 6.92 Å². The molecule has 0 radical (unpaired) electrons. The normalized spacial score (nSPS) is 12.3. The van der Waals surface area contributed by atoms with E-state index < -0.39 is 6.10 Å². The number of ether oxygens (including phenoxy) is 1. The molecule has 2 aromatic rings. The van der Waals surface area contributed by atoms with Gasteiger partial charge in [0, 0.05) is 23.6 Å². The maximum atomic E-state index is 9.84. The third-order valence-electron chi connectivity index (χ3n) is 3.25. The summed E-state index contributed by atoms with van der Waals surface area (Å²) in [6.45, 7) is 3.26. The molecule has 0 saturated heterocycles. The van der Waals surface area contributed by atoms with Crippen LogP contribution in [0.25, 0.3) is 0 Å². The van der Waals surface area contributed by atoms with Crippen LogP contribution in [0.2, 0.25) is 0 Å². The van der Waals surface area contributed by atoms with Gasteiger partial charge in [0.1, 0.15) is 0 Å². The molecule has 0 spiro atoms. The fourth-order valence-electron chi connectivity index (χ4n) is 2.02. The summed E-state index contributed by atoms with van der Waals surface area (Å²) in [6.07, 6.45) is 3.32. The summed E-state index contributed by atoms with van der Waals surface area (Å²) in [7, 11) is 0. The van der Waals surface area contributed by atoms with Gasteiger partial charge >= 0.3 is 0 Å². The van der Waals surface area contributed by atoms with Crippen molar-refractivity contribution in [3.05, 3.63) is 66.7 Å². The molecule has 0 aliphatic rings. The van der Waals surface area contributed by atoms with Crippen molar-refractivity contribution in [2.24, 2.45) is 0 Å². The molecule has 2 aromatic carbocycles. The first-order valence-corrected chi connectivity index (χ1v) is 7.81. The van der Waals surface area contributed by atoms with E-state index >= 15 is 0 Å². The minimum atomic E-state index is -0.526. The zero-order valence-corrected chi connectivity index (χ0v) is 13.4. The number of rotatable bonds is 9. The highest BCUT2D eigenvalue weighted by atomic mass is 16.5. The van der Waals surface area contributed by atoms with Gasteiger partial charge in [0.05, 0.1) is 19.3 Å². The second-order valence-corrected chi connectivity index (χ2v) is 5.21. The molecule has 0 aliphatic carbocycles. The van der Waals surface area contributed by atoms with Crippen LogP contribution in [0.5, 0.6) is 0 Å². The van der Waals surface area contributed by atoms with Crippen LogP contribution in [0.4, 0.5) is 17.1 Å². The summed E-state index contributed by atoms with van der Waals surface area (Å²) in [5.74, 6) is 0. The zero-order chi connectivity index (χ0) is 16.3. The number of allylic oxidation sites excluding steroid dienone is 1. The van der Waals surface area contributed by atoms with Crippen molar-refractivity contribution in [3.63, 3.8) is 0 Å². The van der Waals surface area contributed by atoms with Crippen molar-refractivity contribution < 1.29 is 9.84 Å². The minimum Gasteiger partial charge on any atom is -0.389 e. The third-order valence-corrected chi connectivity index (χ3v) is 3.25. The lowest BCUT2D eigenvalue weighted by atomic mass is 10.2. The Morgan fingerprint density at radius 3 is 2.35 bits per heavy atom. The molecule has 0 aliphatic heterocycles. The van der Waals surface area contributed by atoms with Crippen molar-refractivity contribution in [1.29, 1.82) is 0 Å². The molecule has 23 heavy (non-hydrogen) atoms. The number of nitrogens with one attached hydrogen (secondary N) is 2. The lowest BCUT2D eigenvalue weighted by Gasteiger charge is -2.13. The molecule has 0 amide bonds. The molecule has 4 heteroatoms. The number of hydrogen-bond donors (Lipinski definition) is 3. The highest BCUT2D eigenvalue weighted by Gasteiger charge is 2.03. The van der Waals surface area contributed by atoms with E-state index in [1.54, 1.807) is 0 Å². The van der Waals surface area contributed by atoms with Crippen LogP contribution in [-0.4, -0.2) is 31.0 Å². The first kappa shape index (κ1) is 17.1. The van der Waals surface area contributed by atoms with Gasteiger partial charge in [0.25, 0.3) is 0 Å². The Labute approximate surface area is 137 Å². The lowest BCUT2D eigenvalue weighted by molar-refractivity contribution is 0.0565. The van der Waals surface area contributed by atoms with E-state index in [1.807, 2.05) is 73.7 Å². The molecular formula is C19H24N2O2. The van der Waals surface area contributed by atoms with Crippen molar-refractivity contribution >= 4 is 17.1 Å². The summed E-state index contributed by atoms with van der Waals surface area (Å²) in [4.78, 5) is 0. The van der Waals surface area contributed by atoms with Gasteiger partial charge in [-0.3, -0.25) is 0 Å². The number of para-hydroxylation sites is 1. The molecule has 4 nitrogen and oxygen atoms in total. The van der Waals surface area contributed by atoms with E-state index in [-0.39, 0.29) is 0 Å². The van der Waals surface area contributed by atoms with E-state index in [4.69, 9.17) is 4.74 Å². The Bertz CT molecular complexity index is 582. The van der Waals surface area contributed by atoms with Crippen molar-refractivity contribution in [3.8, 4) is 0 Å². The molecule has 122 valence electrons. The number of aliphatic hydroxyl groups is 1.